The summed E-state index contributed by atoms with van der Waals surface area (Å²) >= 11 is 0. The van der Waals surface area contributed by atoms with E-state index in [0.29, 0.717) is 19.6 Å². The van der Waals surface area contributed by atoms with E-state index < -0.39 is 0 Å². The lowest BCUT2D eigenvalue weighted by Crippen LogP contribution is -2.32. The molecule has 7 nitrogen and oxygen atoms in total. The van der Waals surface area contributed by atoms with Gasteiger partial charge in [0.25, 0.3) is 0 Å². The van der Waals surface area contributed by atoms with Crippen molar-refractivity contribution in [2.45, 2.75) is 19.5 Å². The largest absolute Gasteiger partial charge is 0.467 e. The maximum atomic E-state index is 12.4. The number of hydrogen-bond acceptors (Lipinski definition) is 4. The van der Waals surface area contributed by atoms with Gasteiger partial charge < -0.3 is 19.2 Å². The zero-order valence-electron chi connectivity index (χ0n) is 14.7. The van der Waals surface area contributed by atoms with Crippen LogP contribution in [0.2, 0.25) is 0 Å². The SMILES string of the molecule is O=C(NCc1ccc(-n2ccnc2)cc1)[C@H]1CC(=O)N(Cc2ccco2)C1. The molecular weight excluding hydrogens is 344 g/mol. The Morgan fingerprint density at radius 1 is 1.26 bits per heavy atom. The van der Waals surface area contributed by atoms with Gasteiger partial charge in [-0.3, -0.25) is 9.59 Å². The van der Waals surface area contributed by atoms with Gasteiger partial charge in [-0.2, -0.15) is 0 Å². The van der Waals surface area contributed by atoms with Crippen molar-refractivity contribution in [2.75, 3.05) is 6.54 Å². The van der Waals surface area contributed by atoms with Crippen LogP contribution >= 0.6 is 0 Å². The van der Waals surface area contributed by atoms with Gasteiger partial charge >= 0.3 is 0 Å². The first-order valence-corrected chi connectivity index (χ1v) is 8.84. The lowest BCUT2D eigenvalue weighted by molar-refractivity contribution is -0.129. The van der Waals surface area contributed by atoms with Crippen LogP contribution < -0.4 is 5.32 Å². The van der Waals surface area contributed by atoms with Crippen LogP contribution in [-0.4, -0.2) is 32.8 Å². The van der Waals surface area contributed by atoms with Crippen molar-refractivity contribution in [3.8, 4) is 5.69 Å². The molecule has 138 valence electrons. The Bertz CT molecular complexity index is 901. The van der Waals surface area contributed by atoms with E-state index in [2.05, 4.69) is 10.3 Å². The molecule has 0 spiro atoms. The Kier molecular flexibility index (Phi) is 4.74. The number of likely N-dealkylation sites (tertiary alicyclic amines) is 1. The zero-order chi connectivity index (χ0) is 18.6. The number of amides is 2. The molecular formula is C20H20N4O3. The molecule has 3 aromatic rings. The summed E-state index contributed by atoms with van der Waals surface area (Å²) in [6, 6.07) is 11.5. The third-order valence-electron chi connectivity index (χ3n) is 4.72. The third kappa shape index (κ3) is 3.92. The fraction of sp³-hybridized carbons (Fsp3) is 0.250. The maximum Gasteiger partial charge on any atom is 0.225 e. The molecule has 1 saturated heterocycles. The molecule has 1 aromatic carbocycles. The molecule has 27 heavy (non-hydrogen) atoms. The van der Waals surface area contributed by atoms with Gasteiger partial charge in [-0.15, -0.1) is 0 Å². The Morgan fingerprint density at radius 2 is 2.11 bits per heavy atom. The summed E-state index contributed by atoms with van der Waals surface area (Å²) in [5.41, 5.74) is 2.02. The monoisotopic (exact) mass is 364 g/mol. The predicted octanol–water partition coefficient (Wildman–Crippen LogP) is 2.13. The summed E-state index contributed by atoms with van der Waals surface area (Å²) in [6.45, 7) is 1.27. The van der Waals surface area contributed by atoms with E-state index in [1.807, 2.05) is 41.1 Å². The van der Waals surface area contributed by atoms with Crippen molar-refractivity contribution in [3.05, 3.63) is 72.7 Å². The van der Waals surface area contributed by atoms with Gasteiger partial charge in [0.2, 0.25) is 11.8 Å². The number of nitrogens with one attached hydrogen (secondary N) is 1. The van der Waals surface area contributed by atoms with Crippen molar-refractivity contribution in [3.63, 3.8) is 0 Å². The molecule has 1 fully saturated rings. The van der Waals surface area contributed by atoms with Gasteiger partial charge in [-0.25, -0.2) is 4.98 Å². The normalized spacial score (nSPS) is 16.7. The molecule has 4 rings (SSSR count). The molecule has 1 aliphatic heterocycles. The van der Waals surface area contributed by atoms with E-state index in [1.54, 1.807) is 29.8 Å². The first-order valence-electron chi connectivity index (χ1n) is 8.84. The van der Waals surface area contributed by atoms with Crippen molar-refractivity contribution in [2.24, 2.45) is 5.92 Å². The molecule has 0 saturated carbocycles. The van der Waals surface area contributed by atoms with Crippen LogP contribution in [0.25, 0.3) is 5.69 Å². The predicted molar refractivity (Wildman–Crippen MR) is 97.6 cm³/mol. The number of benzene rings is 1. The molecule has 1 aliphatic rings. The topological polar surface area (TPSA) is 80.4 Å². The zero-order valence-corrected chi connectivity index (χ0v) is 14.7. The number of carbonyl (C=O) groups is 2. The Balaban J connectivity index is 1.30. The highest BCUT2D eigenvalue weighted by Crippen LogP contribution is 2.20. The standard InChI is InChI=1S/C20H20N4O3/c25-19-10-16(12-24(19)13-18-2-1-9-27-18)20(26)22-11-15-3-5-17(6-4-15)23-8-7-21-14-23/h1-9,14,16H,10-13H2,(H,22,26)/t16-/m0/s1. The molecule has 0 radical (unpaired) electrons. The van der Waals surface area contributed by atoms with Crippen LogP contribution in [-0.2, 0) is 22.7 Å². The minimum Gasteiger partial charge on any atom is -0.467 e. The molecule has 0 aliphatic carbocycles. The molecule has 2 aromatic heterocycles. The highest BCUT2D eigenvalue weighted by Gasteiger charge is 2.34. The van der Waals surface area contributed by atoms with E-state index in [9.17, 15) is 9.59 Å². The van der Waals surface area contributed by atoms with Crippen LogP contribution in [0.3, 0.4) is 0 Å². The van der Waals surface area contributed by atoms with Crippen molar-refractivity contribution in [1.29, 1.82) is 0 Å². The van der Waals surface area contributed by atoms with Gasteiger partial charge in [-0.1, -0.05) is 12.1 Å². The summed E-state index contributed by atoms with van der Waals surface area (Å²) < 4.78 is 7.20. The molecule has 0 bridgehead atoms. The van der Waals surface area contributed by atoms with Gasteiger partial charge in [-0.05, 0) is 29.8 Å². The summed E-state index contributed by atoms with van der Waals surface area (Å²) in [5, 5.41) is 2.93. The summed E-state index contributed by atoms with van der Waals surface area (Å²) in [5.74, 6) is 0.292. The van der Waals surface area contributed by atoms with Crippen LogP contribution in [0.15, 0.2) is 65.8 Å². The molecule has 0 unspecified atom stereocenters. The number of hydrogen-bond donors (Lipinski definition) is 1. The molecule has 7 heteroatoms. The fourth-order valence-electron chi connectivity index (χ4n) is 3.22. The Morgan fingerprint density at radius 3 is 2.81 bits per heavy atom. The van der Waals surface area contributed by atoms with Crippen LogP contribution in [0.5, 0.6) is 0 Å². The fourth-order valence-corrected chi connectivity index (χ4v) is 3.22. The number of imidazole rings is 1. The second-order valence-electron chi connectivity index (χ2n) is 6.61. The summed E-state index contributed by atoms with van der Waals surface area (Å²) in [4.78, 5) is 30.3. The van der Waals surface area contributed by atoms with E-state index in [4.69, 9.17) is 4.42 Å². The van der Waals surface area contributed by atoms with Crippen molar-refractivity contribution < 1.29 is 14.0 Å². The van der Waals surface area contributed by atoms with Crippen LogP contribution in [0.4, 0.5) is 0 Å². The number of carbonyl (C=O) groups excluding carboxylic acids is 2. The highest BCUT2D eigenvalue weighted by atomic mass is 16.3. The van der Waals surface area contributed by atoms with Crippen LogP contribution in [0, 0.1) is 5.92 Å². The molecule has 2 amide bonds. The molecule has 3 heterocycles. The van der Waals surface area contributed by atoms with E-state index in [0.717, 1.165) is 17.0 Å². The van der Waals surface area contributed by atoms with Crippen molar-refractivity contribution in [1.82, 2.24) is 19.8 Å². The van der Waals surface area contributed by atoms with E-state index >= 15 is 0 Å². The Labute approximate surface area is 156 Å². The number of furan rings is 1. The maximum absolute atomic E-state index is 12.4. The van der Waals surface area contributed by atoms with E-state index in [-0.39, 0.29) is 24.2 Å². The average molecular weight is 364 g/mol. The van der Waals surface area contributed by atoms with Gasteiger partial charge in [0.05, 0.1) is 25.1 Å². The second kappa shape index (κ2) is 7.49. The third-order valence-corrected chi connectivity index (χ3v) is 4.72. The van der Waals surface area contributed by atoms with Gasteiger partial charge in [0.15, 0.2) is 0 Å². The highest BCUT2D eigenvalue weighted by molar-refractivity contribution is 5.89. The Hall–Kier alpha value is -3.35. The van der Waals surface area contributed by atoms with Gasteiger partial charge in [0, 0.05) is 37.6 Å². The summed E-state index contributed by atoms with van der Waals surface area (Å²) in [7, 11) is 0. The van der Waals surface area contributed by atoms with Gasteiger partial charge in [0.1, 0.15) is 5.76 Å². The van der Waals surface area contributed by atoms with Crippen molar-refractivity contribution >= 4 is 11.8 Å². The first kappa shape index (κ1) is 17.1. The molecule has 1 atom stereocenters. The quantitative estimate of drug-likeness (QED) is 0.727. The van der Waals surface area contributed by atoms with E-state index in [1.165, 1.54) is 0 Å². The smallest absolute Gasteiger partial charge is 0.225 e. The molecule has 1 N–H and O–H groups in total. The number of rotatable bonds is 6. The first-order chi connectivity index (χ1) is 13.2. The lowest BCUT2D eigenvalue weighted by atomic mass is 10.1. The lowest BCUT2D eigenvalue weighted by Gasteiger charge is -2.15. The number of aromatic nitrogens is 2. The minimum absolute atomic E-state index is 0.0174. The minimum atomic E-state index is -0.322. The second-order valence-corrected chi connectivity index (χ2v) is 6.61. The number of nitrogens with zero attached hydrogens (tertiary/aromatic N) is 3. The van der Waals surface area contributed by atoms with Crippen LogP contribution in [0.1, 0.15) is 17.7 Å². The summed E-state index contributed by atoms with van der Waals surface area (Å²) in [6.07, 6.45) is 7.17. The average Bonchev–Trinajstić information content (AvgIpc) is 3.44.